The van der Waals surface area contributed by atoms with E-state index in [1.165, 1.54) is 6.07 Å². The van der Waals surface area contributed by atoms with Crippen molar-refractivity contribution < 1.29 is 29.0 Å². The highest BCUT2D eigenvalue weighted by Gasteiger charge is 2.23. The van der Waals surface area contributed by atoms with Gasteiger partial charge in [-0.2, -0.15) is 0 Å². The summed E-state index contributed by atoms with van der Waals surface area (Å²) in [7, 11) is 0. The molecule has 2 atom stereocenters. The second-order valence-electron chi connectivity index (χ2n) is 9.78. The molecule has 0 aliphatic heterocycles. The number of hydrogen-bond donors (Lipinski definition) is 7. The molecule has 0 aromatic heterocycles. The van der Waals surface area contributed by atoms with E-state index in [9.17, 15) is 29.0 Å². The van der Waals surface area contributed by atoms with Crippen LogP contribution in [0.5, 0.6) is 5.75 Å². The number of rotatable bonds is 14. The van der Waals surface area contributed by atoms with Crippen molar-refractivity contribution in [2.45, 2.75) is 66.1 Å². The normalized spacial score (nSPS) is 13.1. The van der Waals surface area contributed by atoms with Crippen LogP contribution < -0.4 is 27.0 Å². The van der Waals surface area contributed by atoms with Crippen molar-refractivity contribution in [3.63, 3.8) is 0 Å². The summed E-state index contributed by atoms with van der Waals surface area (Å²) in [4.78, 5) is 37.0. The summed E-state index contributed by atoms with van der Waals surface area (Å²) < 4.78 is 13.8. The summed E-state index contributed by atoms with van der Waals surface area (Å²) >= 11 is 0. The first kappa shape index (κ1) is 31.9. The van der Waals surface area contributed by atoms with Crippen LogP contribution in [0.1, 0.15) is 73.1 Å². The van der Waals surface area contributed by atoms with Crippen LogP contribution in [0.4, 0.5) is 15.8 Å². The van der Waals surface area contributed by atoms with E-state index < -0.39 is 43.0 Å². The van der Waals surface area contributed by atoms with Gasteiger partial charge in [0.1, 0.15) is 17.7 Å². The number of nitrogens with one attached hydrogen (secondary N) is 4. The van der Waals surface area contributed by atoms with Gasteiger partial charge in [-0.3, -0.25) is 14.4 Å². The van der Waals surface area contributed by atoms with Gasteiger partial charge < -0.3 is 37.2 Å². The molecule has 0 radical (unpaired) electrons. The number of carboxylic acid groups (broad SMARTS) is 1. The molecule has 1 unspecified atom stereocenters. The molecule has 2 aromatic rings. The second kappa shape index (κ2) is 14.8. The molecular formula is C29H40FN5O5. The number of anilines is 2. The highest BCUT2D eigenvalue weighted by atomic mass is 19.1. The van der Waals surface area contributed by atoms with Gasteiger partial charge in [0.25, 0.3) is 5.91 Å². The highest BCUT2D eigenvalue weighted by molar-refractivity contribution is 5.98. The molecule has 0 spiro atoms. The summed E-state index contributed by atoms with van der Waals surface area (Å²) in [5, 5.41) is 31.2. The lowest BCUT2D eigenvalue weighted by molar-refractivity contribution is -0.137. The van der Waals surface area contributed by atoms with Crippen LogP contribution in [0.25, 0.3) is 0 Å². The van der Waals surface area contributed by atoms with Crippen LogP contribution in [-0.2, 0) is 9.59 Å². The number of phenolic OH excluding ortho intramolecular Hbond substituents is 1. The number of phenols is 1. The molecule has 218 valence electrons. The lowest BCUT2D eigenvalue weighted by Gasteiger charge is -2.20. The van der Waals surface area contributed by atoms with Crippen molar-refractivity contribution in [3.05, 3.63) is 64.0 Å². The molecule has 0 bridgehead atoms. The molecule has 0 aliphatic rings. The molecule has 0 heterocycles. The molecule has 2 amide bonds. The molecule has 40 heavy (non-hydrogen) atoms. The molecule has 2 rings (SSSR count). The maximum absolute atomic E-state index is 13.8. The van der Waals surface area contributed by atoms with Crippen LogP contribution in [0.3, 0.4) is 0 Å². The Hall–Kier alpha value is -4.28. The maximum atomic E-state index is 13.8. The van der Waals surface area contributed by atoms with E-state index in [1.54, 1.807) is 45.0 Å². The van der Waals surface area contributed by atoms with Gasteiger partial charge in [-0.15, -0.1) is 0 Å². The number of hydrogen-bond acceptors (Lipinski definition) is 7. The minimum absolute atomic E-state index is 0.0982. The predicted octanol–water partition coefficient (Wildman–Crippen LogP) is 4.04. The number of aromatic hydroxyl groups is 1. The van der Waals surface area contributed by atoms with E-state index in [2.05, 4.69) is 21.3 Å². The standard InChI is InChI=1S/C29H40FN5O5/c1-6-17(4)28(32-14-20(30)7-2)34-22-11-19(10-21(31)12-22)29(40)33-15-25(36)35-24(13-26(37)38)23-9-16(3)8-18(5)27(23)39/h8-12,20,24,32,34,39H,6-7,13-15,31H2,1-5H3,(H,33,40)(H,35,36)(H,37,38)/t20?,24-/m1/s1. The Morgan fingerprint density at radius 1 is 1.05 bits per heavy atom. The third-order valence-corrected chi connectivity index (χ3v) is 6.36. The molecule has 0 fully saturated rings. The summed E-state index contributed by atoms with van der Waals surface area (Å²) in [5.41, 5.74) is 9.61. The van der Waals surface area contributed by atoms with Gasteiger partial charge in [-0.05, 0) is 62.9 Å². The van der Waals surface area contributed by atoms with Gasteiger partial charge in [0, 0.05) is 29.0 Å². The fourth-order valence-electron chi connectivity index (χ4n) is 4.01. The van der Waals surface area contributed by atoms with Crippen molar-refractivity contribution in [2.75, 3.05) is 24.1 Å². The fourth-order valence-corrected chi connectivity index (χ4v) is 4.01. The van der Waals surface area contributed by atoms with Crippen LogP contribution >= 0.6 is 0 Å². The number of amides is 2. The number of nitrogen functional groups attached to an aromatic ring is 1. The SMILES string of the molecule is CCC(C)=C(NCC(F)CC)Nc1cc(N)cc(C(=O)NCC(=O)N[C@H](CC(=O)O)c2cc(C)cc(C)c2O)c1. The number of aliphatic carboxylic acids is 1. The first-order valence-electron chi connectivity index (χ1n) is 13.2. The average molecular weight is 558 g/mol. The van der Waals surface area contributed by atoms with Crippen LogP contribution in [0.2, 0.25) is 0 Å². The quantitative estimate of drug-likeness (QED) is 0.171. The average Bonchev–Trinajstić information content (AvgIpc) is 2.89. The summed E-state index contributed by atoms with van der Waals surface area (Å²) in [5.74, 6) is -1.85. The summed E-state index contributed by atoms with van der Waals surface area (Å²) in [6, 6.07) is 7.01. The number of benzene rings is 2. The van der Waals surface area contributed by atoms with Crippen molar-refractivity contribution in [1.82, 2.24) is 16.0 Å². The Labute approximate surface area is 234 Å². The van der Waals surface area contributed by atoms with Crippen molar-refractivity contribution in [1.29, 1.82) is 0 Å². The Morgan fingerprint density at radius 2 is 1.75 bits per heavy atom. The van der Waals surface area contributed by atoms with Gasteiger partial charge >= 0.3 is 5.97 Å². The van der Waals surface area contributed by atoms with E-state index in [0.29, 0.717) is 35.6 Å². The van der Waals surface area contributed by atoms with Crippen LogP contribution in [0.15, 0.2) is 41.7 Å². The number of carbonyl (C=O) groups excluding carboxylic acids is 2. The molecule has 0 saturated heterocycles. The van der Waals surface area contributed by atoms with Crippen LogP contribution in [-0.4, -0.2) is 47.3 Å². The number of carbonyl (C=O) groups is 3. The number of nitrogens with two attached hydrogens (primary N) is 1. The van der Waals surface area contributed by atoms with Crippen molar-refractivity contribution in [3.8, 4) is 5.75 Å². The second-order valence-corrected chi connectivity index (χ2v) is 9.78. The van der Waals surface area contributed by atoms with Gasteiger partial charge in [0.15, 0.2) is 0 Å². The monoisotopic (exact) mass is 557 g/mol. The number of alkyl halides is 1. The molecule has 0 aliphatic carbocycles. The highest BCUT2D eigenvalue weighted by Crippen LogP contribution is 2.31. The molecule has 0 saturated carbocycles. The van der Waals surface area contributed by atoms with Gasteiger partial charge in [-0.1, -0.05) is 31.5 Å². The van der Waals surface area contributed by atoms with Crippen LogP contribution in [0, 0.1) is 13.8 Å². The minimum Gasteiger partial charge on any atom is -0.507 e. The predicted molar refractivity (Wildman–Crippen MR) is 154 cm³/mol. The minimum atomic E-state index is -1.16. The largest absolute Gasteiger partial charge is 0.507 e. The van der Waals surface area contributed by atoms with Gasteiger partial charge in [-0.25, -0.2) is 4.39 Å². The summed E-state index contributed by atoms with van der Waals surface area (Å²) in [6.07, 6.45) is -0.372. The molecular weight excluding hydrogens is 517 g/mol. The molecule has 2 aromatic carbocycles. The molecule has 10 nitrogen and oxygen atoms in total. The molecule has 8 N–H and O–H groups in total. The number of aryl methyl sites for hydroxylation is 2. The van der Waals surface area contributed by atoms with E-state index >= 15 is 0 Å². The Balaban J connectivity index is 2.14. The van der Waals surface area contributed by atoms with Crippen molar-refractivity contribution >= 4 is 29.2 Å². The Morgan fingerprint density at radius 3 is 2.38 bits per heavy atom. The molecule has 11 heteroatoms. The number of carboxylic acids is 1. The third-order valence-electron chi connectivity index (χ3n) is 6.36. The lowest BCUT2D eigenvalue weighted by atomic mass is 9.97. The van der Waals surface area contributed by atoms with Gasteiger partial charge in [0.05, 0.1) is 19.0 Å². The zero-order chi connectivity index (χ0) is 30.0. The number of allylic oxidation sites excluding steroid dienone is 1. The lowest BCUT2D eigenvalue weighted by Crippen LogP contribution is -2.39. The number of halogens is 1. The van der Waals surface area contributed by atoms with E-state index in [0.717, 1.165) is 11.1 Å². The first-order chi connectivity index (χ1) is 18.8. The van der Waals surface area contributed by atoms with Crippen molar-refractivity contribution in [2.24, 2.45) is 0 Å². The first-order valence-corrected chi connectivity index (χ1v) is 13.2. The zero-order valence-corrected chi connectivity index (χ0v) is 23.7. The summed E-state index contributed by atoms with van der Waals surface area (Å²) in [6.45, 7) is 8.81. The third kappa shape index (κ3) is 9.48. The Bertz CT molecular complexity index is 1260. The fraction of sp³-hybridized carbons (Fsp3) is 0.414. The van der Waals surface area contributed by atoms with E-state index in [1.807, 2.05) is 13.8 Å². The zero-order valence-electron chi connectivity index (χ0n) is 23.7. The van der Waals surface area contributed by atoms with Gasteiger partial charge in [0.2, 0.25) is 5.91 Å². The Kier molecular flexibility index (Phi) is 11.8. The maximum Gasteiger partial charge on any atom is 0.305 e. The topological polar surface area (TPSA) is 166 Å². The van der Waals surface area contributed by atoms with E-state index in [-0.39, 0.29) is 23.4 Å². The smallest absolute Gasteiger partial charge is 0.305 e. The van der Waals surface area contributed by atoms with E-state index in [4.69, 9.17) is 5.73 Å².